The molecular formula is C15H16ClN3O2S. The van der Waals surface area contributed by atoms with Crippen LogP contribution in [0.4, 0.5) is 5.82 Å². The average molecular weight is 338 g/mol. The fourth-order valence-corrected chi connectivity index (χ4v) is 4.19. The normalized spacial score (nSPS) is 23.7. The van der Waals surface area contributed by atoms with Crippen LogP contribution in [0.25, 0.3) is 10.2 Å². The minimum absolute atomic E-state index is 0.253. The molecule has 0 N–H and O–H groups in total. The molecule has 0 unspecified atom stereocenters. The van der Waals surface area contributed by atoms with Gasteiger partial charge in [-0.1, -0.05) is 11.6 Å². The molecule has 0 spiro atoms. The van der Waals surface area contributed by atoms with Gasteiger partial charge in [0.05, 0.1) is 29.4 Å². The maximum absolute atomic E-state index is 11.6. The van der Waals surface area contributed by atoms with E-state index < -0.39 is 0 Å². The molecule has 5 nitrogen and oxygen atoms in total. The monoisotopic (exact) mass is 337 g/mol. The molecule has 4 rings (SSSR count). The summed E-state index contributed by atoms with van der Waals surface area (Å²) < 4.78 is 10.7. The summed E-state index contributed by atoms with van der Waals surface area (Å²) in [6.45, 7) is 4.28. The Morgan fingerprint density at radius 1 is 1.55 bits per heavy atom. The molecule has 116 valence electrons. The quantitative estimate of drug-likeness (QED) is 0.806. The summed E-state index contributed by atoms with van der Waals surface area (Å²) in [6.07, 6.45) is 2.86. The molecule has 0 bridgehead atoms. The first kappa shape index (κ1) is 14.4. The van der Waals surface area contributed by atoms with E-state index in [4.69, 9.17) is 21.3 Å². The molecule has 1 saturated heterocycles. The zero-order chi connectivity index (χ0) is 15.3. The van der Waals surface area contributed by atoms with Crippen LogP contribution in [0.15, 0.2) is 6.07 Å². The summed E-state index contributed by atoms with van der Waals surface area (Å²) in [7, 11) is 0. The van der Waals surface area contributed by atoms with Crippen molar-refractivity contribution in [1.82, 2.24) is 9.36 Å². The van der Waals surface area contributed by atoms with Gasteiger partial charge in [-0.3, -0.25) is 0 Å². The van der Waals surface area contributed by atoms with Gasteiger partial charge in [-0.25, -0.2) is 4.98 Å². The molecular weight excluding hydrogens is 322 g/mol. The molecule has 3 heterocycles. The lowest BCUT2D eigenvalue weighted by molar-refractivity contribution is -0.109. The van der Waals surface area contributed by atoms with Crippen LogP contribution in [-0.2, 0) is 14.9 Å². The predicted molar refractivity (Wildman–Crippen MR) is 87.0 cm³/mol. The molecule has 2 aliphatic rings. The number of anilines is 1. The second-order valence-electron chi connectivity index (χ2n) is 6.07. The van der Waals surface area contributed by atoms with E-state index in [1.165, 1.54) is 11.5 Å². The van der Waals surface area contributed by atoms with Gasteiger partial charge in [-0.2, -0.15) is 4.37 Å². The lowest BCUT2D eigenvalue weighted by atomic mass is 9.98. The number of rotatable bonds is 3. The zero-order valence-electron chi connectivity index (χ0n) is 12.2. The van der Waals surface area contributed by atoms with Crippen LogP contribution in [0.3, 0.4) is 0 Å². The van der Waals surface area contributed by atoms with Crippen LogP contribution in [-0.4, -0.2) is 41.4 Å². The molecule has 7 heteroatoms. The van der Waals surface area contributed by atoms with Crippen molar-refractivity contribution < 1.29 is 9.53 Å². The summed E-state index contributed by atoms with van der Waals surface area (Å²) >= 11 is 7.54. The number of nitrogens with zero attached hydrogens (tertiary/aromatic N) is 3. The van der Waals surface area contributed by atoms with Crippen LogP contribution < -0.4 is 4.90 Å². The van der Waals surface area contributed by atoms with Crippen LogP contribution in [0.1, 0.15) is 25.3 Å². The van der Waals surface area contributed by atoms with Gasteiger partial charge in [0.2, 0.25) is 0 Å². The number of ether oxygens (including phenoxy) is 1. The number of halogens is 1. The highest BCUT2D eigenvalue weighted by Crippen LogP contribution is 2.50. The third kappa shape index (κ3) is 2.13. The molecule has 2 aromatic heterocycles. The van der Waals surface area contributed by atoms with E-state index >= 15 is 0 Å². The van der Waals surface area contributed by atoms with Gasteiger partial charge in [-0.15, -0.1) is 0 Å². The van der Waals surface area contributed by atoms with Crippen molar-refractivity contribution >= 4 is 45.5 Å². The van der Waals surface area contributed by atoms with Crippen molar-refractivity contribution in [2.45, 2.75) is 31.2 Å². The number of carbonyl (C=O) groups is 1. The fraction of sp³-hybridized carbons (Fsp3) is 0.533. The first-order valence-electron chi connectivity index (χ1n) is 7.42. The van der Waals surface area contributed by atoms with Crippen molar-refractivity contribution in [3.05, 3.63) is 16.8 Å². The van der Waals surface area contributed by atoms with E-state index in [0.29, 0.717) is 23.9 Å². The third-order valence-corrected chi connectivity index (χ3v) is 5.82. The highest BCUT2D eigenvalue weighted by molar-refractivity contribution is 7.14. The minimum Gasteiger partial charge on any atom is -0.377 e. The minimum atomic E-state index is -0.360. The molecule has 1 saturated carbocycles. The van der Waals surface area contributed by atoms with Gasteiger partial charge in [0, 0.05) is 6.54 Å². The Balaban J connectivity index is 1.89. The number of aldehydes is 1. The Bertz CT molecular complexity index is 744. The van der Waals surface area contributed by atoms with Crippen molar-refractivity contribution in [2.75, 3.05) is 24.7 Å². The first-order valence-corrected chi connectivity index (χ1v) is 8.57. The number of aromatic nitrogens is 2. The van der Waals surface area contributed by atoms with Crippen molar-refractivity contribution in [3.8, 4) is 0 Å². The largest absolute Gasteiger partial charge is 0.377 e. The Morgan fingerprint density at radius 2 is 2.36 bits per heavy atom. The van der Waals surface area contributed by atoms with Crippen molar-refractivity contribution in [3.63, 3.8) is 0 Å². The van der Waals surface area contributed by atoms with Crippen molar-refractivity contribution in [1.29, 1.82) is 0 Å². The summed E-state index contributed by atoms with van der Waals surface area (Å²) in [6, 6.07) is 2.31. The molecule has 2 fully saturated rings. The van der Waals surface area contributed by atoms with Crippen molar-refractivity contribution in [2.24, 2.45) is 0 Å². The summed E-state index contributed by atoms with van der Waals surface area (Å²) in [5.74, 6) is 0.869. The Kier molecular flexibility index (Phi) is 3.36. The van der Waals surface area contributed by atoms with E-state index in [9.17, 15) is 4.79 Å². The first-order chi connectivity index (χ1) is 10.6. The van der Waals surface area contributed by atoms with Gasteiger partial charge in [0.1, 0.15) is 17.6 Å². The third-order valence-electron chi connectivity index (χ3n) is 4.58. The maximum Gasteiger partial charge on any atom is 0.169 e. The van der Waals surface area contributed by atoms with Crippen LogP contribution in [0.5, 0.6) is 0 Å². The molecule has 0 radical (unpaired) electrons. The highest BCUT2D eigenvalue weighted by Gasteiger charge is 2.46. The van der Waals surface area contributed by atoms with E-state index in [-0.39, 0.29) is 11.5 Å². The number of fused-ring (bicyclic) bond motifs is 1. The second kappa shape index (κ2) is 5.15. The van der Waals surface area contributed by atoms with Gasteiger partial charge in [0.15, 0.2) is 5.15 Å². The highest BCUT2D eigenvalue weighted by atomic mass is 35.5. The smallest absolute Gasteiger partial charge is 0.169 e. The summed E-state index contributed by atoms with van der Waals surface area (Å²) in [5.41, 5.74) is 1.39. The van der Waals surface area contributed by atoms with E-state index in [2.05, 4.69) is 22.3 Å². The SMILES string of the molecule is C[C@@H]1COCCN1c1cc(C2(C=O)CC2)c2snc(Cl)c2n1. The summed E-state index contributed by atoms with van der Waals surface area (Å²) in [5, 5.41) is 0.422. The second-order valence-corrected chi connectivity index (χ2v) is 7.20. The number of pyridine rings is 1. The van der Waals surface area contributed by atoms with E-state index in [1.807, 2.05) is 0 Å². The number of hydrogen-bond donors (Lipinski definition) is 0. The Hall–Kier alpha value is -1.24. The lowest BCUT2D eigenvalue weighted by Crippen LogP contribution is -2.44. The predicted octanol–water partition coefficient (Wildman–Crippen LogP) is 2.80. The number of hydrogen-bond acceptors (Lipinski definition) is 6. The van der Waals surface area contributed by atoms with Crippen LogP contribution >= 0.6 is 23.1 Å². The number of morpholine rings is 1. The van der Waals surface area contributed by atoms with E-state index in [0.717, 1.165) is 41.8 Å². The number of carbonyl (C=O) groups excluding carboxylic acids is 1. The van der Waals surface area contributed by atoms with E-state index in [1.54, 1.807) is 0 Å². The summed E-state index contributed by atoms with van der Waals surface area (Å²) in [4.78, 5) is 18.5. The topological polar surface area (TPSA) is 55.3 Å². The Morgan fingerprint density at radius 3 is 3.05 bits per heavy atom. The fourth-order valence-electron chi connectivity index (χ4n) is 3.05. The molecule has 0 aromatic carbocycles. The molecule has 1 aliphatic heterocycles. The average Bonchev–Trinajstić information content (AvgIpc) is 3.25. The van der Waals surface area contributed by atoms with Gasteiger partial charge >= 0.3 is 0 Å². The van der Waals surface area contributed by atoms with Crippen LogP contribution in [0.2, 0.25) is 5.15 Å². The maximum atomic E-state index is 11.6. The molecule has 0 amide bonds. The molecule has 22 heavy (non-hydrogen) atoms. The molecule has 1 aliphatic carbocycles. The lowest BCUT2D eigenvalue weighted by Gasteiger charge is -2.34. The standard InChI is InChI=1S/C15H16ClN3O2S/c1-9-7-21-5-4-19(9)11-6-10(15(8-20)2-3-15)13-12(17-11)14(16)18-22-13/h6,8-9H,2-5,7H2,1H3/t9-/m1/s1. The molecule has 1 atom stereocenters. The van der Waals surface area contributed by atoms with Gasteiger partial charge in [-0.05, 0) is 42.9 Å². The molecule has 2 aromatic rings. The zero-order valence-corrected chi connectivity index (χ0v) is 13.8. The van der Waals surface area contributed by atoms with Gasteiger partial charge < -0.3 is 14.4 Å². The van der Waals surface area contributed by atoms with Gasteiger partial charge in [0.25, 0.3) is 0 Å². The van der Waals surface area contributed by atoms with Crippen LogP contribution in [0, 0.1) is 0 Å². The Labute approximate surface area is 137 Å².